The molecule has 96 valence electrons. The lowest BCUT2D eigenvalue weighted by Crippen LogP contribution is -2.22. The summed E-state index contributed by atoms with van der Waals surface area (Å²) in [6.45, 7) is 0.337. The van der Waals surface area contributed by atoms with Crippen molar-refractivity contribution in [3.8, 4) is 0 Å². The van der Waals surface area contributed by atoms with Gasteiger partial charge in [-0.1, -0.05) is 46.3 Å². The first kappa shape index (κ1) is 16.4. The van der Waals surface area contributed by atoms with E-state index in [1.165, 1.54) is 0 Å². The molecule has 0 fully saturated rings. The maximum atomic E-state index is 11.3. The number of carbonyl (C=O) groups excluding carboxylic acids is 1. The van der Waals surface area contributed by atoms with Crippen molar-refractivity contribution in [3.63, 3.8) is 0 Å². The molecule has 0 aromatic heterocycles. The molecule has 1 aromatic rings. The van der Waals surface area contributed by atoms with Crippen LogP contribution < -0.4 is 5.73 Å². The lowest BCUT2D eigenvalue weighted by molar-refractivity contribution is -0.145. The summed E-state index contributed by atoms with van der Waals surface area (Å²) < 4.78 is 5.11. The van der Waals surface area contributed by atoms with Gasteiger partial charge in [-0.25, -0.2) is 0 Å². The maximum Gasteiger partial charge on any atom is 0.306 e. The van der Waals surface area contributed by atoms with E-state index in [-0.39, 0.29) is 24.4 Å². The van der Waals surface area contributed by atoms with E-state index in [9.17, 15) is 4.79 Å². The molecule has 5 heteroatoms. The molecule has 1 rings (SSSR count). The zero-order valence-corrected chi connectivity index (χ0v) is 11.9. The van der Waals surface area contributed by atoms with Crippen molar-refractivity contribution in [2.45, 2.75) is 25.5 Å². The van der Waals surface area contributed by atoms with Gasteiger partial charge in [0, 0.05) is 17.8 Å². The maximum absolute atomic E-state index is 11.3. The fourth-order valence-corrected chi connectivity index (χ4v) is 1.51. The number of esters is 1. The number of nitrogens with two attached hydrogens (primary N) is 1. The van der Waals surface area contributed by atoms with E-state index >= 15 is 0 Å². The SMILES string of the molecule is Cl.NC(CBr)CCC(=O)OCc1ccccc1. The molecule has 0 aliphatic rings. The van der Waals surface area contributed by atoms with Crippen molar-refractivity contribution in [3.05, 3.63) is 35.9 Å². The predicted octanol–water partition coefficient (Wildman–Crippen LogP) is 2.65. The molecule has 1 aromatic carbocycles. The highest BCUT2D eigenvalue weighted by Gasteiger charge is 2.07. The van der Waals surface area contributed by atoms with Gasteiger partial charge in [-0.15, -0.1) is 12.4 Å². The summed E-state index contributed by atoms with van der Waals surface area (Å²) in [6.07, 6.45) is 1.03. The smallest absolute Gasteiger partial charge is 0.306 e. The van der Waals surface area contributed by atoms with Crippen LogP contribution in [0.25, 0.3) is 0 Å². The third kappa shape index (κ3) is 7.36. The molecule has 0 radical (unpaired) electrons. The molecule has 0 saturated carbocycles. The Bertz CT molecular complexity index is 322. The second-order valence-corrected chi connectivity index (χ2v) is 4.25. The number of alkyl halides is 1. The summed E-state index contributed by atoms with van der Waals surface area (Å²) >= 11 is 3.26. The second kappa shape index (κ2) is 9.45. The average Bonchev–Trinajstić information content (AvgIpc) is 2.34. The lowest BCUT2D eigenvalue weighted by Gasteiger charge is -2.07. The Hall–Kier alpha value is -0.580. The van der Waals surface area contributed by atoms with Gasteiger partial charge < -0.3 is 10.5 Å². The highest BCUT2D eigenvalue weighted by atomic mass is 79.9. The van der Waals surface area contributed by atoms with Gasteiger partial charge in [0.15, 0.2) is 0 Å². The molecule has 1 atom stereocenters. The van der Waals surface area contributed by atoms with Crippen LogP contribution in [0.4, 0.5) is 0 Å². The van der Waals surface area contributed by atoms with Crippen LogP contribution in [0.15, 0.2) is 30.3 Å². The molecule has 3 nitrogen and oxygen atoms in total. The summed E-state index contributed by atoms with van der Waals surface area (Å²) in [5.74, 6) is -0.194. The van der Waals surface area contributed by atoms with Crippen LogP contribution in [0.2, 0.25) is 0 Å². The van der Waals surface area contributed by atoms with Crippen LogP contribution in [0.1, 0.15) is 18.4 Å². The summed E-state index contributed by atoms with van der Waals surface area (Å²) in [5, 5.41) is 0.707. The minimum Gasteiger partial charge on any atom is -0.461 e. The van der Waals surface area contributed by atoms with E-state index in [2.05, 4.69) is 15.9 Å². The molecule has 0 aliphatic carbocycles. The predicted molar refractivity (Wildman–Crippen MR) is 74.5 cm³/mol. The van der Waals surface area contributed by atoms with Gasteiger partial charge in [0.2, 0.25) is 0 Å². The van der Waals surface area contributed by atoms with Crippen LogP contribution in [0, 0.1) is 0 Å². The van der Waals surface area contributed by atoms with E-state index < -0.39 is 0 Å². The van der Waals surface area contributed by atoms with Crippen molar-refractivity contribution in [1.82, 2.24) is 0 Å². The fourth-order valence-electron chi connectivity index (χ4n) is 1.19. The highest BCUT2D eigenvalue weighted by molar-refractivity contribution is 9.09. The second-order valence-electron chi connectivity index (χ2n) is 3.60. The number of hydrogen-bond acceptors (Lipinski definition) is 3. The number of rotatable bonds is 6. The van der Waals surface area contributed by atoms with Gasteiger partial charge in [-0.2, -0.15) is 0 Å². The molecule has 17 heavy (non-hydrogen) atoms. The van der Waals surface area contributed by atoms with Crippen LogP contribution in [0.5, 0.6) is 0 Å². The summed E-state index contributed by atoms with van der Waals surface area (Å²) in [6, 6.07) is 9.65. The molecule has 0 spiro atoms. The van der Waals surface area contributed by atoms with Crippen molar-refractivity contribution < 1.29 is 9.53 Å². The Morgan fingerprint density at radius 1 is 1.35 bits per heavy atom. The third-order valence-electron chi connectivity index (χ3n) is 2.16. The largest absolute Gasteiger partial charge is 0.461 e. The van der Waals surface area contributed by atoms with E-state index in [0.717, 1.165) is 5.56 Å². The van der Waals surface area contributed by atoms with E-state index in [1.807, 2.05) is 30.3 Å². The molecule has 0 heterocycles. The third-order valence-corrected chi connectivity index (χ3v) is 2.99. The van der Waals surface area contributed by atoms with E-state index in [1.54, 1.807) is 0 Å². The number of benzene rings is 1. The Balaban J connectivity index is 0.00000256. The van der Waals surface area contributed by atoms with Crippen LogP contribution >= 0.6 is 28.3 Å². The molecule has 0 amide bonds. The van der Waals surface area contributed by atoms with Gasteiger partial charge in [0.05, 0.1) is 0 Å². The first-order valence-corrected chi connectivity index (χ1v) is 6.35. The van der Waals surface area contributed by atoms with Gasteiger partial charge in [0.25, 0.3) is 0 Å². The van der Waals surface area contributed by atoms with Crippen molar-refractivity contribution >= 4 is 34.3 Å². The molecule has 0 bridgehead atoms. The number of hydrogen-bond donors (Lipinski definition) is 1. The number of carbonyl (C=O) groups is 1. The van der Waals surface area contributed by atoms with Gasteiger partial charge >= 0.3 is 5.97 Å². The lowest BCUT2D eigenvalue weighted by atomic mass is 10.2. The number of ether oxygens (including phenoxy) is 1. The highest BCUT2D eigenvalue weighted by Crippen LogP contribution is 2.04. The Morgan fingerprint density at radius 3 is 2.59 bits per heavy atom. The van der Waals surface area contributed by atoms with Crippen molar-refractivity contribution in [2.24, 2.45) is 5.73 Å². The van der Waals surface area contributed by atoms with Crippen LogP contribution in [0.3, 0.4) is 0 Å². The number of halogens is 2. The summed E-state index contributed by atoms with van der Waals surface area (Å²) in [4.78, 5) is 11.3. The monoisotopic (exact) mass is 321 g/mol. The normalized spacial score (nSPS) is 11.4. The summed E-state index contributed by atoms with van der Waals surface area (Å²) in [5.41, 5.74) is 6.67. The molecular weight excluding hydrogens is 305 g/mol. The Kier molecular flexibility index (Phi) is 9.13. The van der Waals surface area contributed by atoms with Gasteiger partial charge in [0.1, 0.15) is 6.61 Å². The van der Waals surface area contributed by atoms with Crippen LogP contribution in [-0.2, 0) is 16.1 Å². The van der Waals surface area contributed by atoms with Crippen molar-refractivity contribution in [1.29, 1.82) is 0 Å². The first-order valence-electron chi connectivity index (χ1n) is 5.23. The average molecular weight is 323 g/mol. The standard InChI is InChI=1S/C12H16BrNO2.ClH/c13-8-11(14)6-7-12(15)16-9-10-4-2-1-3-5-10;/h1-5,11H,6-9,14H2;1H. The molecule has 0 aliphatic heterocycles. The van der Waals surface area contributed by atoms with Crippen molar-refractivity contribution in [2.75, 3.05) is 5.33 Å². The molecule has 1 unspecified atom stereocenters. The zero-order valence-electron chi connectivity index (χ0n) is 9.47. The Labute approximate surface area is 116 Å². The summed E-state index contributed by atoms with van der Waals surface area (Å²) in [7, 11) is 0. The first-order chi connectivity index (χ1) is 7.72. The minimum absolute atomic E-state index is 0. The molecular formula is C12H17BrClNO2. The molecule has 0 saturated heterocycles. The fraction of sp³-hybridized carbons (Fsp3) is 0.417. The van der Waals surface area contributed by atoms with Gasteiger partial charge in [-0.3, -0.25) is 4.79 Å². The van der Waals surface area contributed by atoms with E-state index in [0.29, 0.717) is 24.8 Å². The quantitative estimate of drug-likeness (QED) is 0.647. The zero-order chi connectivity index (χ0) is 11.8. The topological polar surface area (TPSA) is 52.3 Å². The Morgan fingerprint density at radius 2 is 2.00 bits per heavy atom. The van der Waals surface area contributed by atoms with E-state index in [4.69, 9.17) is 10.5 Å². The van der Waals surface area contributed by atoms with Gasteiger partial charge in [-0.05, 0) is 12.0 Å². The molecule has 2 N–H and O–H groups in total. The van der Waals surface area contributed by atoms with Crippen LogP contribution in [-0.4, -0.2) is 17.3 Å². The minimum atomic E-state index is -0.194.